The number of nitro benzene ring substituents is 1. The predicted octanol–water partition coefficient (Wildman–Crippen LogP) is 3.71. The Morgan fingerprint density at radius 1 is 1.19 bits per heavy atom. The lowest BCUT2D eigenvalue weighted by Crippen LogP contribution is -2.22. The minimum atomic E-state index is -0.300. The summed E-state index contributed by atoms with van der Waals surface area (Å²) in [6.07, 6.45) is 2.17. The smallest absolute Gasteiger partial charge is 0.273 e. The van der Waals surface area contributed by atoms with Crippen LogP contribution in [0.2, 0.25) is 0 Å². The van der Waals surface area contributed by atoms with Crippen molar-refractivity contribution in [1.29, 1.82) is 0 Å². The molecule has 0 saturated heterocycles. The average molecular weight is 282 g/mol. The summed E-state index contributed by atoms with van der Waals surface area (Å²) < 4.78 is 0. The van der Waals surface area contributed by atoms with Crippen LogP contribution in [0.1, 0.15) is 29.2 Å². The zero-order valence-corrected chi connectivity index (χ0v) is 12.0. The molecule has 3 rings (SSSR count). The first-order valence-corrected chi connectivity index (χ1v) is 7.17. The number of nitrogens with zero attached hydrogens (tertiary/aromatic N) is 2. The molecule has 4 nitrogen and oxygen atoms in total. The minimum Gasteiger partial charge on any atom is -0.295 e. The van der Waals surface area contributed by atoms with Gasteiger partial charge in [-0.15, -0.1) is 0 Å². The lowest BCUT2D eigenvalue weighted by atomic mass is 10.1. The van der Waals surface area contributed by atoms with Crippen LogP contribution in [0.4, 0.5) is 5.69 Å². The van der Waals surface area contributed by atoms with E-state index >= 15 is 0 Å². The van der Waals surface area contributed by atoms with E-state index in [1.54, 1.807) is 12.1 Å². The molecule has 0 bridgehead atoms. The number of hydrogen-bond acceptors (Lipinski definition) is 3. The van der Waals surface area contributed by atoms with Gasteiger partial charge >= 0.3 is 0 Å². The standard InChI is InChI=1S/C17H18N2O2/c1-18(12-14-7-3-5-9-16(14)19(20)21)17-11-10-13-6-2-4-8-15(13)17/h2-9,17H,10-12H2,1H3/t17-/m1/s1. The lowest BCUT2D eigenvalue weighted by Gasteiger charge is -2.25. The van der Waals surface area contributed by atoms with Crippen LogP contribution < -0.4 is 0 Å². The molecule has 4 heteroatoms. The van der Waals surface area contributed by atoms with Gasteiger partial charge in [0.15, 0.2) is 0 Å². The van der Waals surface area contributed by atoms with Gasteiger partial charge in [0.2, 0.25) is 0 Å². The first-order valence-electron chi connectivity index (χ1n) is 7.17. The molecule has 2 aromatic rings. The van der Waals surface area contributed by atoms with E-state index in [0.29, 0.717) is 12.6 Å². The predicted molar refractivity (Wildman–Crippen MR) is 82.1 cm³/mol. The van der Waals surface area contributed by atoms with Crippen molar-refractivity contribution in [2.75, 3.05) is 7.05 Å². The number of para-hydroxylation sites is 1. The van der Waals surface area contributed by atoms with Gasteiger partial charge in [-0.1, -0.05) is 42.5 Å². The maximum atomic E-state index is 11.1. The Bertz CT molecular complexity index is 669. The van der Waals surface area contributed by atoms with Crippen molar-refractivity contribution in [2.45, 2.75) is 25.4 Å². The van der Waals surface area contributed by atoms with Crippen molar-refractivity contribution in [3.05, 3.63) is 75.3 Å². The first-order chi connectivity index (χ1) is 10.2. The van der Waals surface area contributed by atoms with Crippen LogP contribution in [0.5, 0.6) is 0 Å². The van der Waals surface area contributed by atoms with Crippen LogP contribution in [0, 0.1) is 10.1 Å². The van der Waals surface area contributed by atoms with Gasteiger partial charge in [0.05, 0.1) is 4.92 Å². The largest absolute Gasteiger partial charge is 0.295 e. The maximum absolute atomic E-state index is 11.1. The Morgan fingerprint density at radius 3 is 2.71 bits per heavy atom. The van der Waals surface area contributed by atoms with Gasteiger partial charge in [-0.25, -0.2) is 0 Å². The van der Waals surface area contributed by atoms with Crippen LogP contribution >= 0.6 is 0 Å². The normalized spacial score (nSPS) is 17.0. The Hall–Kier alpha value is -2.20. The number of aryl methyl sites for hydroxylation is 1. The summed E-state index contributed by atoms with van der Waals surface area (Å²) in [5, 5.41) is 11.1. The zero-order valence-electron chi connectivity index (χ0n) is 12.0. The second kappa shape index (κ2) is 5.66. The molecule has 0 spiro atoms. The summed E-state index contributed by atoms with van der Waals surface area (Å²) in [4.78, 5) is 13.0. The van der Waals surface area contributed by atoms with Gasteiger partial charge in [-0.2, -0.15) is 0 Å². The Labute approximate surface area is 124 Å². The molecule has 0 heterocycles. The topological polar surface area (TPSA) is 46.4 Å². The second-order valence-electron chi connectivity index (χ2n) is 5.55. The van der Waals surface area contributed by atoms with Gasteiger partial charge < -0.3 is 0 Å². The highest BCUT2D eigenvalue weighted by molar-refractivity contribution is 5.40. The molecule has 0 unspecified atom stereocenters. The number of benzene rings is 2. The van der Waals surface area contributed by atoms with Crippen LogP contribution in [-0.4, -0.2) is 16.9 Å². The van der Waals surface area contributed by atoms with Gasteiger partial charge in [-0.3, -0.25) is 15.0 Å². The van der Waals surface area contributed by atoms with Crippen LogP contribution in [0.15, 0.2) is 48.5 Å². The van der Waals surface area contributed by atoms with E-state index in [9.17, 15) is 10.1 Å². The van der Waals surface area contributed by atoms with E-state index in [0.717, 1.165) is 18.4 Å². The highest BCUT2D eigenvalue weighted by Gasteiger charge is 2.26. The summed E-state index contributed by atoms with van der Waals surface area (Å²) in [5.41, 5.74) is 3.74. The number of rotatable bonds is 4. The fourth-order valence-electron chi connectivity index (χ4n) is 3.19. The van der Waals surface area contributed by atoms with E-state index in [4.69, 9.17) is 0 Å². The molecular weight excluding hydrogens is 264 g/mol. The maximum Gasteiger partial charge on any atom is 0.273 e. The van der Waals surface area contributed by atoms with Crippen molar-refractivity contribution < 1.29 is 4.92 Å². The minimum absolute atomic E-state index is 0.204. The number of nitro groups is 1. The van der Waals surface area contributed by atoms with Crippen LogP contribution in [-0.2, 0) is 13.0 Å². The van der Waals surface area contributed by atoms with Gasteiger partial charge in [-0.05, 0) is 31.0 Å². The summed E-state index contributed by atoms with van der Waals surface area (Å²) >= 11 is 0. The molecule has 0 saturated carbocycles. The van der Waals surface area contributed by atoms with Crippen molar-refractivity contribution in [3.63, 3.8) is 0 Å². The molecule has 1 aliphatic carbocycles. The van der Waals surface area contributed by atoms with Crippen LogP contribution in [0.25, 0.3) is 0 Å². The average Bonchev–Trinajstić information content (AvgIpc) is 2.91. The number of hydrogen-bond donors (Lipinski definition) is 0. The van der Waals surface area contributed by atoms with Gasteiger partial charge in [0.1, 0.15) is 0 Å². The van der Waals surface area contributed by atoms with Crippen molar-refractivity contribution in [3.8, 4) is 0 Å². The molecule has 0 amide bonds. The van der Waals surface area contributed by atoms with Crippen molar-refractivity contribution in [1.82, 2.24) is 4.90 Å². The summed E-state index contributed by atoms with van der Waals surface area (Å²) in [6.45, 7) is 0.593. The monoisotopic (exact) mass is 282 g/mol. The molecule has 0 N–H and O–H groups in total. The Balaban J connectivity index is 1.82. The first kappa shape index (κ1) is 13.8. The third-order valence-corrected chi connectivity index (χ3v) is 4.24. The third kappa shape index (κ3) is 2.67. The molecule has 0 radical (unpaired) electrons. The lowest BCUT2D eigenvalue weighted by molar-refractivity contribution is -0.385. The van der Waals surface area contributed by atoms with Crippen molar-refractivity contribution >= 4 is 5.69 Å². The van der Waals surface area contributed by atoms with E-state index in [2.05, 4.69) is 29.2 Å². The Morgan fingerprint density at radius 2 is 1.90 bits per heavy atom. The van der Waals surface area contributed by atoms with Gasteiger partial charge in [0, 0.05) is 24.2 Å². The molecule has 0 aliphatic heterocycles. The van der Waals surface area contributed by atoms with Crippen LogP contribution in [0.3, 0.4) is 0 Å². The van der Waals surface area contributed by atoms with E-state index in [1.165, 1.54) is 11.1 Å². The summed E-state index contributed by atoms with van der Waals surface area (Å²) in [6, 6.07) is 15.8. The third-order valence-electron chi connectivity index (χ3n) is 4.24. The fourth-order valence-corrected chi connectivity index (χ4v) is 3.19. The Kier molecular flexibility index (Phi) is 3.71. The fraction of sp³-hybridized carbons (Fsp3) is 0.294. The van der Waals surface area contributed by atoms with E-state index in [1.807, 2.05) is 19.2 Å². The highest BCUT2D eigenvalue weighted by Crippen LogP contribution is 2.36. The zero-order chi connectivity index (χ0) is 14.8. The van der Waals surface area contributed by atoms with Gasteiger partial charge in [0.25, 0.3) is 5.69 Å². The molecular formula is C17H18N2O2. The molecule has 21 heavy (non-hydrogen) atoms. The summed E-state index contributed by atoms with van der Waals surface area (Å²) in [5.74, 6) is 0. The molecule has 0 fully saturated rings. The quantitative estimate of drug-likeness (QED) is 0.634. The summed E-state index contributed by atoms with van der Waals surface area (Å²) in [7, 11) is 2.05. The molecule has 108 valence electrons. The molecule has 1 aliphatic rings. The molecule has 0 aromatic heterocycles. The van der Waals surface area contributed by atoms with E-state index < -0.39 is 0 Å². The van der Waals surface area contributed by atoms with E-state index in [-0.39, 0.29) is 10.6 Å². The molecule has 2 aromatic carbocycles. The van der Waals surface area contributed by atoms with Crippen molar-refractivity contribution in [2.24, 2.45) is 0 Å². The highest BCUT2D eigenvalue weighted by atomic mass is 16.6. The SMILES string of the molecule is CN(Cc1ccccc1[N+](=O)[O-])[C@@H]1CCc2ccccc21. The molecule has 1 atom stereocenters. The second-order valence-corrected chi connectivity index (χ2v) is 5.55. The number of fused-ring (bicyclic) bond motifs is 1.